The molecule has 27 heavy (non-hydrogen) atoms. The van der Waals surface area contributed by atoms with E-state index < -0.39 is 0 Å². The van der Waals surface area contributed by atoms with Crippen LogP contribution < -0.4 is 5.32 Å². The van der Waals surface area contributed by atoms with Crippen LogP contribution in [-0.2, 0) is 17.8 Å². The molecule has 1 atom stereocenters. The van der Waals surface area contributed by atoms with E-state index in [-0.39, 0.29) is 11.9 Å². The van der Waals surface area contributed by atoms with Gasteiger partial charge in [-0.25, -0.2) is 0 Å². The second-order valence-electron chi connectivity index (χ2n) is 8.05. The first-order chi connectivity index (χ1) is 13.3. The van der Waals surface area contributed by atoms with Gasteiger partial charge in [0, 0.05) is 26.1 Å². The van der Waals surface area contributed by atoms with E-state index in [0.717, 1.165) is 31.8 Å². The smallest absolute Gasteiger partial charge is 0.220 e. The molecule has 2 heterocycles. The van der Waals surface area contributed by atoms with Crippen LogP contribution in [0, 0.1) is 5.92 Å². The van der Waals surface area contributed by atoms with Crippen molar-refractivity contribution in [2.75, 3.05) is 13.1 Å². The van der Waals surface area contributed by atoms with Gasteiger partial charge in [-0.15, -0.1) is 0 Å². The molecule has 1 aliphatic heterocycles. The minimum absolute atomic E-state index is 0.222. The summed E-state index contributed by atoms with van der Waals surface area (Å²) in [5.74, 6) is 1.00. The SMILES string of the molecule is O=C(CCC1CCCC1)NCC(c1ccsc1)N1CCc2ccccc2C1. The van der Waals surface area contributed by atoms with Gasteiger partial charge in [0.25, 0.3) is 0 Å². The molecule has 1 aromatic carbocycles. The molecule has 0 radical (unpaired) electrons. The van der Waals surface area contributed by atoms with Crippen molar-refractivity contribution in [1.29, 1.82) is 0 Å². The Morgan fingerprint density at radius 2 is 2.00 bits per heavy atom. The van der Waals surface area contributed by atoms with Gasteiger partial charge < -0.3 is 5.32 Å². The molecule has 0 bridgehead atoms. The summed E-state index contributed by atoms with van der Waals surface area (Å²) in [6.07, 6.45) is 8.17. The number of amides is 1. The van der Waals surface area contributed by atoms with Gasteiger partial charge in [0.05, 0.1) is 6.04 Å². The van der Waals surface area contributed by atoms with E-state index in [0.29, 0.717) is 13.0 Å². The molecule has 1 saturated carbocycles. The lowest BCUT2D eigenvalue weighted by Gasteiger charge is -2.35. The Morgan fingerprint density at radius 1 is 1.19 bits per heavy atom. The van der Waals surface area contributed by atoms with Gasteiger partial charge in [-0.05, 0) is 52.3 Å². The zero-order chi connectivity index (χ0) is 18.5. The monoisotopic (exact) mass is 382 g/mol. The molecule has 3 nitrogen and oxygen atoms in total. The highest BCUT2D eigenvalue weighted by Gasteiger charge is 2.25. The Labute approximate surface area is 166 Å². The number of benzene rings is 1. The van der Waals surface area contributed by atoms with E-state index in [1.54, 1.807) is 11.3 Å². The number of carbonyl (C=O) groups excluding carboxylic acids is 1. The van der Waals surface area contributed by atoms with Crippen LogP contribution >= 0.6 is 11.3 Å². The zero-order valence-corrected chi connectivity index (χ0v) is 16.8. The summed E-state index contributed by atoms with van der Waals surface area (Å²) in [6, 6.07) is 11.2. The van der Waals surface area contributed by atoms with Crippen LogP contribution in [0.1, 0.15) is 61.3 Å². The summed E-state index contributed by atoms with van der Waals surface area (Å²) in [6.45, 7) is 2.73. The predicted molar refractivity (Wildman–Crippen MR) is 112 cm³/mol. The number of nitrogens with zero attached hydrogens (tertiary/aromatic N) is 1. The van der Waals surface area contributed by atoms with E-state index >= 15 is 0 Å². The molecular formula is C23H30N2OS. The van der Waals surface area contributed by atoms with E-state index in [9.17, 15) is 4.79 Å². The molecule has 1 aliphatic carbocycles. The van der Waals surface area contributed by atoms with Crippen molar-refractivity contribution in [3.05, 3.63) is 57.8 Å². The fourth-order valence-electron chi connectivity index (χ4n) is 4.64. The summed E-state index contributed by atoms with van der Waals surface area (Å²) in [4.78, 5) is 15.0. The first-order valence-electron chi connectivity index (χ1n) is 10.4. The topological polar surface area (TPSA) is 32.3 Å². The standard InChI is InChI=1S/C23H30N2OS/c26-23(10-9-18-5-1-2-6-18)24-15-22(21-12-14-27-17-21)25-13-11-19-7-3-4-8-20(19)16-25/h3-4,7-8,12,14,17-18,22H,1-2,5-6,9-11,13,15-16H2,(H,24,26). The van der Waals surface area contributed by atoms with Crippen LogP contribution in [0.3, 0.4) is 0 Å². The lowest BCUT2D eigenvalue weighted by molar-refractivity contribution is -0.121. The van der Waals surface area contributed by atoms with Gasteiger partial charge in [0.1, 0.15) is 0 Å². The summed E-state index contributed by atoms with van der Waals surface area (Å²) in [7, 11) is 0. The van der Waals surface area contributed by atoms with Crippen molar-refractivity contribution >= 4 is 17.2 Å². The third kappa shape index (κ3) is 4.80. The largest absolute Gasteiger partial charge is 0.354 e. The van der Waals surface area contributed by atoms with Crippen LogP contribution in [0.2, 0.25) is 0 Å². The Morgan fingerprint density at radius 3 is 2.78 bits per heavy atom. The van der Waals surface area contributed by atoms with Gasteiger partial charge in [-0.2, -0.15) is 11.3 Å². The number of nitrogens with one attached hydrogen (secondary N) is 1. The van der Waals surface area contributed by atoms with Crippen molar-refractivity contribution in [3.8, 4) is 0 Å². The number of hydrogen-bond acceptors (Lipinski definition) is 3. The van der Waals surface area contributed by atoms with Gasteiger partial charge in [0.2, 0.25) is 5.91 Å². The average Bonchev–Trinajstić information content (AvgIpc) is 3.41. The summed E-state index contributed by atoms with van der Waals surface area (Å²) in [5, 5.41) is 7.61. The molecule has 1 amide bonds. The molecule has 1 N–H and O–H groups in total. The van der Waals surface area contributed by atoms with Gasteiger partial charge >= 0.3 is 0 Å². The molecular weight excluding hydrogens is 352 g/mol. The van der Waals surface area contributed by atoms with Crippen molar-refractivity contribution < 1.29 is 4.79 Å². The molecule has 0 spiro atoms. The fourth-order valence-corrected chi connectivity index (χ4v) is 5.35. The van der Waals surface area contributed by atoms with Gasteiger partial charge in [-0.1, -0.05) is 49.9 Å². The number of hydrogen-bond donors (Lipinski definition) is 1. The maximum Gasteiger partial charge on any atom is 0.220 e. The second kappa shape index (κ2) is 9.03. The van der Waals surface area contributed by atoms with Crippen molar-refractivity contribution in [2.24, 2.45) is 5.92 Å². The van der Waals surface area contributed by atoms with Crippen LogP contribution in [0.25, 0.3) is 0 Å². The number of carbonyl (C=O) groups is 1. The number of rotatable bonds is 7. The summed E-state index contributed by atoms with van der Waals surface area (Å²) in [5.41, 5.74) is 4.23. The van der Waals surface area contributed by atoms with Crippen LogP contribution in [0.5, 0.6) is 0 Å². The number of fused-ring (bicyclic) bond motifs is 1. The lowest BCUT2D eigenvalue weighted by Crippen LogP contribution is -2.40. The quantitative estimate of drug-likeness (QED) is 0.736. The minimum Gasteiger partial charge on any atom is -0.354 e. The van der Waals surface area contributed by atoms with Gasteiger partial charge in [0.15, 0.2) is 0 Å². The molecule has 144 valence electrons. The van der Waals surface area contributed by atoms with Crippen molar-refractivity contribution in [2.45, 2.75) is 57.5 Å². The summed E-state index contributed by atoms with van der Waals surface area (Å²) < 4.78 is 0. The maximum absolute atomic E-state index is 12.4. The normalized spacial score (nSPS) is 19.0. The highest BCUT2D eigenvalue weighted by molar-refractivity contribution is 7.07. The van der Waals surface area contributed by atoms with Crippen LogP contribution in [0.15, 0.2) is 41.1 Å². The Bertz CT molecular complexity index is 737. The highest BCUT2D eigenvalue weighted by atomic mass is 32.1. The minimum atomic E-state index is 0.222. The number of thiophene rings is 1. The van der Waals surface area contributed by atoms with Crippen molar-refractivity contribution in [3.63, 3.8) is 0 Å². The Kier molecular flexibility index (Phi) is 6.25. The average molecular weight is 383 g/mol. The molecule has 4 rings (SSSR count). The highest BCUT2D eigenvalue weighted by Crippen LogP contribution is 2.30. The van der Waals surface area contributed by atoms with Crippen LogP contribution in [0.4, 0.5) is 0 Å². The first-order valence-corrected chi connectivity index (χ1v) is 11.3. The molecule has 1 fully saturated rings. The Hall–Kier alpha value is -1.65. The molecule has 0 saturated heterocycles. The zero-order valence-electron chi connectivity index (χ0n) is 16.0. The maximum atomic E-state index is 12.4. The Balaban J connectivity index is 1.36. The molecule has 1 aromatic heterocycles. The fraction of sp³-hybridized carbons (Fsp3) is 0.522. The second-order valence-corrected chi connectivity index (χ2v) is 8.83. The van der Waals surface area contributed by atoms with E-state index in [2.05, 4.69) is 51.3 Å². The van der Waals surface area contributed by atoms with E-state index in [4.69, 9.17) is 0 Å². The molecule has 4 heteroatoms. The molecule has 1 unspecified atom stereocenters. The van der Waals surface area contributed by atoms with Crippen LogP contribution in [-0.4, -0.2) is 23.9 Å². The lowest BCUT2D eigenvalue weighted by atomic mass is 9.97. The molecule has 2 aromatic rings. The third-order valence-corrected chi connectivity index (χ3v) is 6.98. The van der Waals surface area contributed by atoms with E-state index in [1.807, 2.05) is 0 Å². The molecule has 2 aliphatic rings. The first kappa shape index (κ1) is 18.7. The summed E-state index contributed by atoms with van der Waals surface area (Å²) >= 11 is 1.74. The van der Waals surface area contributed by atoms with Gasteiger partial charge in [-0.3, -0.25) is 9.69 Å². The predicted octanol–water partition coefficient (Wildman–Crippen LogP) is 4.93. The van der Waals surface area contributed by atoms with Crippen molar-refractivity contribution in [1.82, 2.24) is 10.2 Å². The third-order valence-electron chi connectivity index (χ3n) is 6.28. The van der Waals surface area contributed by atoms with E-state index in [1.165, 1.54) is 42.4 Å².